The molecule has 1 aromatic rings. The third-order valence-electron chi connectivity index (χ3n) is 1.81. The highest BCUT2D eigenvalue weighted by Gasteiger charge is 2.19. The molecular formula is C9H14NOP. The first kappa shape index (κ1) is 9.50. The van der Waals surface area contributed by atoms with Gasteiger partial charge in [-0.2, -0.15) is 0 Å². The molecule has 0 saturated heterocycles. The van der Waals surface area contributed by atoms with Gasteiger partial charge in [-0.1, -0.05) is 30.3 Å². The molecule has 0 heterocycles. The lowest BCUT2D eigenvalue weighted by Gasteiger charge is -2.16. The summed E-state index contributed by atoms with van der Waals surface area (Å²) in [5.74, 6) is -0.321. The Hall–Kier alpha value is -0.590. The standard InChI is InChI=1S/C9H14NOP/c1-12(2,11)9(10)8-6-4-3-5-7-8/h3-7,9H,10H2,1-2H3/t9-/m1/s1. The van der Waals surface area contributed by atoms with E-state index in [0.717, 1.165) is 5.56 Å². The Bertz CT molecular complexity index is 291. The van der Waals surface area contributed by atoms with Crippen LogP contribution in [0.3, 0.4) is 0 Å². The first-order chi connectivity index (χ1) is 5.52. The Kier molecular flexibility index (Phi) is 2.71. The smallest absolute Gasteiger partial charge is 0.102 e. The highest BCUT2D eigenvalue weighted by atomic mass is 31.2. The number of hydrogen-bond acceptors (Lipinski definition) is 2. The molecular weight excluding hydrogens is 169 g/mol. The van der Waals surface area contributed by atoms with E-state index in [2.05, 4.69) is 0 Å². The van der Waals surface area contributed by atoms with E-state index in [4.69, 9.17) is 5.73 Å². The summed E-state index contributed by atoms with van der Waals surface area (Å²) in [6.07, 6.45) is 0. The van der Waals surface area contributed by atoms with Crippen molar-refractivity contribution in [3.8, 4) is 0 Å². The number of benzene rings is 1. The summed E-state index contributed by atoms with van der Waals surface area (Å²) in [6.45, 7) is 3.43. The van der Waals surface area contributed by atoms with Gasteiger partial charge < -0.3 is 10.3 Å². The molecule has 0 bridgehead atoms. The summed E-state index contributed by atoms with van der Waals surface area (Å²) in [5.41, 5.74) is 6.76. The molecule has 0 spiro atoms. The fraction of sp³-hybridized carbons (Fsp3) is 0.333. The molecule has 0 aliphatic rings. The summed E-state index contributed by atoms with van der Waals surface area (Å²) in [6, 6.07) is 9.55. The first-order valence-electron chi connectivity index (χ1n) is 3.87. The van der Waals surface area contributed by atoms with Gasteiger partial charge in [0.15, 0.2) is 0 Å². The zero-order valence-electron chi connectivity index (χ0n) is 7.40. The van der Waals surface area contributed by atoms with Gasteiger partial charge in [0.2, 0.25) is 0 Å². The van der Waals surface area contributed by atoms with Gasteiger partial charge in [0, 0.05) is 0 Å². The highest BCUT2D eigenvalue weighted by Crippen LogP contribution is 2.48. The molecule has 12 heavy (non-hydrogen) atoms. The quantitative estimate of drug-likeness (QED) is 0.714. The Labute approximate surface area is 73.2 Å². The Morgan fingerprint density at radius 3 is 2.17 bits per heavy atom. The Morgan fingerprint density at radius 2 is 1.75 bits per heavy atom. The molecule has 2 nitrogen and oxygen atoms in total. The topological polar surface area (TPSA) is 43.1 Å². The van der Waals surface area contributed by atoms with Crippen LogP contribution < -0.4 is 5.73 Å². The number of rotatable bonds is 2. The second-order valence-corrected chi connectivity index (χ2v) is 6.71. The van der Waals surface area contributed by atoms with Gasteiger partial charge in [-0.05, 0) is 18.9 Å². The maximum Gasteiger partial charge on any atom is 0.102 e. The molecule has 66 valence electrons. The van der Waals surface area contributed by atoms with Crippen molar-refractivity contribution < 1.29 is 4.57 Å². The molecule has 0 saturated carbocycles. The molecule has 1 aromatic carbocycles. The largest absolute Gasteiger partial charge is 0.322 e. The van der Waals surface area contributed by atoms with E-state index in [1.165, 1.54) is 0 Å². The SMILES string of the molecule is CP(C)(=O)[C@@H](N)c1ccccc1. The van der Waals surface area contributed by atoms with Crippen molar-refractivity contribution >= 4 is 7.14 Å². The zero-order chi connectivity index (χ0) is 9.19. The highest BCUT2D eigenvalue weighted by molar-refractivity contribution is 7.62. The van der Waals surface area contributed by atoms with Gasteiger partial charge in [-0.15, -0.1) is 0 Å². The first-order valence-corrected chi connectivity index (χ1v) is 6.54. The van der Waals surface area contributed by atoms with E-state index in [-0.39, 0.29) is 5.78 Å². The average Bonchev–Trinajstić information content (AvgIpc) is 2.03. The van der Waals surface area contributed by atoms with Crippen LogP contribution in [-0.2, 0) is 4.57 Å². The maximum absolute atomic E-state index is 11.6. The van der Waals surface area contributed by atoms with Crippen molar-refractivity contribution in [3.63, 3.8) is 0 Å². The number of hydrogen-bond donors (Lipinski definition) is 1. The molecule has 0 radical (unpaired) electrons. The van der Waals surface area contributed by atoms with Crippen LogP contribution in [0.2, 0.25) is 0 Å². The van der Waals surface area contributed by atoms with Crippen LogP contribution in [0.4, 0.5) is 0 Å². The van der Waals surface area contributed by atoms with Gasteiger partial charge >= 0.3 is 0 Å². The third kappa shape index (κ3) is 2.20. The fourth-order valence-electron chi connectivity index (χ4n) is 1.01. The molecule has 0 aromatic heterocycles. The van der Waals surface area contributed by atoms with Crippen LogP contribution in [0.1, 0.15) is 11.3 Å². The van der Waals surface area contributed by atoms with E-state index < -0.39 is 7.14 Å². The minimum atomic E-state index is -2.20. The van der Waals surface area contributed by atoms with Crippen LogP contribution in [0.5, 0.6) is 0 Å². The summed E-state index contributed by atoms with van der Waals surface area (Å²) in [5, 5.41) is 0. The molecule has 1 atom stereocenters. The van der Waals surface area contributed by atoms with Gasteiger partial charge in [-0.3, -0.25) is 0 Å². The minimum Gasteiger partial charge on any atom is -0.322 e. The van der Waals surface area contributed by atoms with Crippen molar-refractivity contribution in [1.82, 2.24) is 0 Å². The summed E-state index contributed by atoms with van der Waals surface area (Å²) in [7, 11) is -2.20. The van der Waals surface area contributed by atoms with Crippen LogP contribution in [0, 0.1) is 0 Å². The normalized spacial score (nSPS) is 14.2. The van der Waals surface area contributed by atoms with E-state index in [9.17, 15) is 4.57 Å². The van der Waals surface area contributed by atoms with E-state index in [1.807, 2.05) is 30.3 Å². The monoisotopic (exact) mass is 183 g/mol. The number of nitrogens with two attached hydrogens (primary N) is 1. The molecule has 3 heteroatoms. The summed E-state index contributed by atoms with van der Waals surface area (Å²) in [4.78, 5) is 0. The lowest BCUT2D eigenvalue weighted by molar-refractivity contribution is 0.574. The second-order valence-electron chi connectivity index (χ2n) is 3.29. The molecule has 0 unspecified atom stereocenters. The van der Waals surface area contributed by atoms with Crippen LogP contribution >= 0.6 is 7.14 Å². The van der Waals surface area contributed by atoms with Crippen LogP contribution in [-0.4, -0.2) is 13.3 Å². The van der Waals surface area contributed by atoms with E-state index >= 15 is 0 Å². The summed E-state index contributed by atoms with van der Waals surface area (Å²) < 4.78 is 11.6. The molecule has 0 fully saturated rings. The van der Waals surface area contributed by atoms with E-state index in [1.54, 1.807) is 13.3 Å². The van der Waals surface area contributed by atoms with Gasteiger partial charge in [0.05, 0.1) is 5.78 Å². The van der Waals surface area contributed by atoms with Crippen molar-refractivity contribution in [1.29, 1.82) is 0 Å². The zero-order valence-corrected chi connectivity index (χ0v) is 8.29. The second kappa shape index (κ2) is 3.42. The maximum atomic E-state index is 11.6. The molecule has 0 aliphatic carbocycles. The van der Waals surface area contributed by atoms with E-state index in [0.29, 0.717) is 0 Å². The van der Waals surface area contributed by atoms with Crippen molar-refractivity contribution in [2.24, 2.45) is 5.73 Å². The summed E-state index contributed by atoms with van der Waals surface area (Å²) >= 11 is 0. The lowest BCUT2D eigenvalue weighted by Crippen LogP contribution is -2.09. The Balaban J connectivity index is 2.94. The minimum absolute atomic E-state index is 0.321. The van der Waals surface area contributed by atoms with Crippen LogP contribution in [0.15, 0.2) is 30.3 Å². The van der Waals surface area contributed by atoms with Gasteiger partial charge in [-0.25, -0.2) is 0 Å². The predicted molar refractivity (Wildman–Crippen MR) is 52.8 cm³/mol. The molecule has 1 rings (SSSR count). The average molecular weight is 183 g/mol. The Morgan fingerprint density at radius 1 is 1.25 bits per heavy atom. The van der Waals surface area contributed by atoms with Gasteiger partial charge in [0.25, 0.3) is 0 Å². The van der Waals surface area contributed by atoms with Crippen molar-refractivity contribution in [2.45, 2.75) is 5.78 Å². The van der Waals surface area contributed by atoms with Crippen molar-refractivity contribution in [3.05, 3.63) is 35.9 Å². The van der Waals surface area contributed by atoms with Gasteiger partial charge in [0.1, 0.15) is 7.14 Å². The third-order valence-corrected chi connectivity index (χ3v) is 3.45. The predicted octanol–water partition coefficient (Wildman–Crippen LogP) is 2.27. The lowest BCUT2D eigenvalue weighted by atomic mass is 10.2. The molecule has 0 aliphatic heterocycles. The fourth-order valence-corrected chi connectivity index (χ4v) is 1.90. The molecule has 2 N–H and O–H groups in total. The van der Waals surface area contributed by atoms with Crippen molar-refractivity contribution in [2.75, 3.05) is 13.3 Å². The van der Waals surface area contributed by atoms with Crippen LogP contribution in [0.25, 0.3) is 0 Å². The molecule has 0 amide bonds.